The van der Waals surface area contributed by atoms with Crippen molar-refractivity contribution < 1.29 is 4.79 Å². The molecule has 0 radical (unpaired) electrons. The van der Waals surface area contributed by atoms with E-state index in [2.05, 4.69) is 22.6 Å². The van der Waals surface area contributed by atoms with E-state index < -0.39 is 0 Å². The first-order chi connectivity index (χ1) is 3.34. The quantitative estimate of drug-likeness (QED) is 0.269. The van der Waals surface area contributed by atoms with Crippen LogP contribution in [-0.2, 0) is 4.79 Å². The molecule has 1 amide bonds. The number of carbonyl (C=O) groups excluding carboxylic acids is 1. The molecule has 0 aromatic carbocycles. The van der Waals surface area contributed by atoms with Crippen LogP contribution in [0.4, 0.5) is 0 Å². The third-order valence-electron chi connectivity index (χ3n) is 1.09. The molecule has 0 aromatic rings. The summed E-state index contributed by atoms with van der Waals surface area (Å²) in [6.45, 7) is 0.974. The molecule has 0 N–H and O–H groups in total. The molecule has 40 valence electrons. The maximum absolute atomic E-state index is 10.4. The summed E-state index contributed by atoms with van der Waals surface area (Å²) in [4.78, 5) is 12.2. The minimum Gasteiger partial charge on any atom is -0.333 e. The van der Waals surface area contributed by atoms with Crippen molar-refractivity contribution in [3.8, 4) is 0 Å². The fraction of sp³-hybridized carbons (Fsp3) is 0.750. The molecule has 1 saturated heterocycles. The highest BCUT2D eigenvalue weighted by molar-refractivity contribution is 14.1. The van der Waals surface area contributed by atoms with Gasteiger partial charge in [-0.05, 0) is 0 Å². The van der Waals surface area contributed by atoms with E-state index >= 15 is 0 Å². The number of rotatable bonds is 1. The first kappa shape index (κ1) is 5.34. The second-order valence-corrected chi connectivity index (χ2v) is 2.21. The molecule has 1 fully saturated rings. The van der Waals surface area contributed by atoms with Crippen LogP contribution in [0, 0.1) is 0 Å². The molecule has 1 aliphatic heterocycles. The summed E-state index contributed by atoms with van der Waals surface area (Å²) < 4.78 is 0.858. The van der Waals surface area contributed by atoms with E-state index in [4.69, 9.17) is 0 Å². The Bertz CT molecular complexity index is 91.7. The monoisotopic (exact) mass is 211 g/mol. The van der Waals surface area contributed by atoms with Gasteiger partial charge in [-0.1, -0.05) is 22.6 Å². The minimum absolute atomic E-state index is 0.300. The van der Waals surface area contributed by atoms with Crippen molar-refractivity contribution in [2.24, 2.45) is 0 Å². The number of hydrogen-bond acceptors (Lipinski definition) is 1. The number of alkyl halides is 1. The molecule has 0 aliphatic carbocycles. The molecule has 0 unspecified atom stereocenters. The Morgan fingerprint density at radius 2 is 2.57 bits per heavy atom. The Balaban J connectivity index is 2.29. The molecule has 0 aromatic heterocycles. The van der Waals surface area contributed by atoms with Crippen LogP contribution in [0.25, 0.3) is 0 Å². The normalized spacial score (nSPS) is 19.6. The van der Waals surface area contributed by atoms with Gasteiger partial charge >= 0.3 is 0 Å². The van der Waals surface area contributed by atoms with Gasteiger partial charge in [-0.15, -0.1) is 0 Å². The molecule has 0 saturated carbocycles. The van der Waals surface area contributed by atoms with Crippen LogP contribution in [-0.4, -0.2) is 21.9 Å². The second-order valence-electron chi connectivity index (χ2n) is 1.53. The van der Waals surface area contributed by atoms with E-state index in [0.29, 0.717) is 5.91 Å². The molecule has 7 heavy (non-hydrogen) atoms. The average molecular weight is 211 g/mol. The molecule has 1 heterocycles. The van der Waals surface area contributed by atoms with Crippen LogP contribution in [0.2, 0.25) is 0 Å². The maximum Gasteiger partial charge on any atom is 0.225 e. The zero-order valence-electron chi connectivity index (χ0n) is 3.85. The summed E-state index contributed by atoms with van der Waals surface area (Å²) in [6, 6.07) is 0. The van der Waals surface area contributed by atoms with Gasteiger partial charge in [-0.2, -0.15) is 0 Å². The van der Waals surface area contributed by atoms with Gasteiger partial charge in [0.1, 0.15) is 0 Å². The molecule has 3 heteroatoms. The summed E-state index contributed by atoms with van der Waals surface area (Å²) in [5.41, 5.74) is 0. The van der Waals surface area contributed by atoms with Gasteiger partial charge in [-0.3, -0.25) is 4.79 Å². The molecule has 1 aliphatic rings. The van der Waals surface area contributed by atoms with Crippen molar-refractivity contribution in [3.63, 3.8) is 0 Å². The molecule has 0 spiro atoms. The van der Waals surface area contributed by atoms with Crippen LogP contribution in [0.15, 0.2) is 0 Å². The lowest BCUT2D eigenvalue weighted by atomic mass is 10.2. The fourth-order valence-electron chi connectivity index (χ4n) is 0.488. The van der Waals surface area contributed by atoms with E-state index in [1.807, 2.05) is 4.90 Å². The third-order valence-corrected chi connectivity index (χ3v) is 1.92. The van der Waals surface area contributed by atoms with Gasteiger partial charge in [0, 0.05) is 13.0 Å². The Morgan fingerprint density at radius 3 is 2.57 bits per heavy atom. The summed E-state index contributed by atoms with van der Waals surface area (Å²) in [5.74, 6) is 0.300. The first-order valence-electron chi connectivity index (χ1n) is 2.18. The Kier molecular flexibility index (Phi) is 1.51. The first-order valence-corrected chi connectivity index (χ1v) is 3.71. The Labute approximate surface area is 56.0 Å². The number of halogens is 1. The van der Waals surface area contributed by atoms with Gasteiger partial charge in [0.25, 0.3) is 0 Å². The number of β-lactam (4-membered cyclic amide) rings is 1. The Hall–Kier alpha value is 0.200. The topological polar surface area (TPSA) is 20.3 Å². The van der Waals surface area contributed by atoms with Crippen molar-refractivity contribution >= 4 is 28.5 Å². The Morgan fingerprint density at radius 1 is 1.86 bits per heavy atom. The van der Waals surface area contributed by atoms with E-state index in [1.54, 1.807) is 0 Å². The van der Waals surface area contributed by atoms with Crippen molar-refractivity contribution in [1.29, 1.82) is 0 Å². The van der Waals surface area contributed by atoms with Crippen molar-refractivity contribution in [2.75, 3.05) is 11.1 Å². The van der Waals surface area contributed by atoms with Crippen molar-refractivity contribution in [1.82, 2.24) is 4.90 Å². The van der Waals surface area contributed by atoms with Gasteiger partial charge in [-0.25, -0.2) is 0 Å². The molecular formula is C4H6INO. The lowest BCUT2D eigenvalue weighted by Crippen LogP contribution is -2.41. The second kappa shape index (κ2) is 1.98. The van der Waals surface area contributed by atoms with Gasteiger partial charge in [0.2, 0.25) is 5.91 Å². The van der Waals surface area contributed by atoms with Crippen LogP contribution in [0.3, 0.4) is 0 Å². The van der Waals surface area contributed by atoms with Crippen LogP contribution in [0.1, 0.15) is 6.42 Å². The largest absolute Gasteiger partial charge is 0.333 e. The van der Waals surface area contributed by atoms with E-state index in [-0.39, 0.29) is 0 Å². The summed E-state index contributed by atoms with van der Waals surface area (Å²) in [7, 11) is 0. The highest BCUT2D eigenvalue weighted by atomic mass is 127. The smallest absolute Gasteiger partial charge is 0.225 e. The lowest BCUT2D eigenvalue weighted by molar-refractivity contribution is -0.138. The van der Waals surface area contributed by atoms with Crippen LogP contribution >= 0.6 is 22.6 Å². The number of carbonyl (C=O) groups is 1. The highest BCUT2D eigenvalue weighted by Crippen LogP contribution is 2.08. The third kappa shape index (κ3) is 0.872. The zero-order valence-corrected chi connectivity index (χ0v) is 6.01. The molecule has 1 rings (SSSR count). The van der Waals surface area contributed by atoms with Gasteiger partial charge in [0.05, 0.1) is 4.55 Å². The van der Waals surface area contributed by atoms with E-state index in [1.165, 1.54) is 0 Å². The predicted octanol–water partition coefficient (Wildman–Crippen LogP) is 0.611. The molecular weight excluding hydrogens is 205 g/mol. The highest BCUT2D eigenvalue weighted by Gasteiger charge is 2.21. The summed E-state index contributed by atoms with van der Waals surface area (Å²) in [5, 5.41) is 0. The standard InChI is InChI=1S/C4H6INO/c5-3-6-2-1-4(6)7/h1-3H2. The van der Waals surface area contributed by atoms with Gasteiger partial charge in [0.15, 0.2) is 0 Å². The fourth-order valence-corrected chi connectivity index (χ4v) is 1.21. The number of nitrogens with zero attached hydrogens (tertiary/aromatic N) is 1. The van der Waals surface area contributed by atoms with E-state index in [9.17, 15) is 4.79 Å². The number of hydrogen-bond donors (Lipinski definition) is 0. The molecule has 0 atom stereocenters. The number of likely N-dealkylation sites (tertiary alicyclic amines) is 1. The van der Waals surface area contributed by atoms with Crippen LogP contribution < -0.4 is 0 Å². The van der Waals surface area contributed by atoms with E-state index in [0.717, 1.165) is 17.5 Å². The average Bonchev–Trinajstić information content (AvgIpc) is 1.65. The predicted molar refractivity (Wildman–Crippen MR) is 35.2 cm³/mol. The SMILES string of the molecule is O=C1CCN1CI. The summed E-state index contributed by atoms with van der Waals surface area (Å²) in [6.07, 6.45) is 0.767. The molecule has 2 nitrogen and oxygen atoms in total. The van der Waals surface area contributed by atoms with Crippen LogP contribution in [0.5, 0.6) is 0 Å². The van der Waals surface area contributed by atoms with Crippen molar-refractivity contribution in [3.05, 3.63) is 0 Å². The number of amides is 1. The summed E-state index contributed by atoms with van der Waals surface area (Å²) >= 11 is 2.19. The zero-order chi connectivity index (χ0) is 5.28. The lowest BCUT2D eigenvalue weighted by Gasteiger charge is -2.27. The van der Waals surface area contributed by atoms with Gasteiger partial charge < -0.3 is 4.90 Å². The van der Waals surface area contributed by atoms with Crippen molar-refractivity contribution in [2.45, 2.75) is 6.42 Å². The molecule has 0 bridgehead atoms. The maximum atomic E-state index is 10.4. The minimum atomic E-state index is 0.300.